The first kappa shape index (κ1) is 16.1. The largest absolute Gasteiger partial charge is 0.662 e. The van der Waals surface area contributed by atoms with Gasteiger partial charge in [0.2, 0.25) is 0 Å². The van der Waals surface area contributed by atoms with Crippen molar-refractivity contribution in [2.75, 3.05) is 19.7 Å². The summed E-state index contributed by atoms with van der Waals surface area (Å²) in [5.74, 6) is 1.74. The predicted molar refractivity (Wildman–Crippen MR) is 72.0 cm³/mol. The maximum absolute atomic E-state index is 5.97. The van der Waals surface area contributed by atoms with Gasteiger partial charge in [0.25, 0.3) is 0 Å². The van der Waals surface area contributed by atoms with Crippen molar-refractivity contribution in [3.05, 3.63) is 34.1 Å². The van der Waals surface area contributed by atoms with Crippen LogP contribution in [0, 0.1) is 26.7 Å². The van der Waals surface area contributed by atoms with Crippen molar-refractivity contribution in [2.24, 2.45) is 5.92 Å². The van der Waals surface area contributed by atoms with Gasteiger partial charge in [-0.1, -0.05) is 18.9 Å². The van der Waals surface area contributed by atoms with E-state index in [1.54, 1.807) is 0 Å². The Labute approximate surface area is 136 Å². The van der Waals surface area contributed by atoms with Crippen LogP contribution in [-0.4, -0.2) is 19.7 Å². The van der Waals surface area contributed by atoms with Crippen LogP contribution >= 0.6 is 0 Å². The molecule has 1 radical (unpaired) electrons. The minimum absolute atomic E-state index is 0. The maximum Gasteiger partial charge on any atom is 0.122 e. The summed E-state index contributed by atoms with van der Waals surface area (Å²) < 4.78 is 5.97. The number of rotatable bonds is 3. The van der Waals surface area contributed by atoms with Gasteiger partial charge in [0, 0.05) is 32.7 Å². The monoisotopic (exact) mass is 321 g/mol. The molecule has 97 valence electrons. The summed E-state index contributed by atoms with van der Waals surface area (Å²) in [6, 6.07) is 4.25. The average Bonchev–Trinajstić information content (AvgIpc) is 2.36. The Kier molecular flexibility index (Phi) is 6.83. The van der Waals surface area contributed by atoms with E-state index in [0.717, 1.165) is 25.4 Å². The zero-order valence-corrected chi connectivity index (χ0v) is 14.5. The third-order valence-corrected chi connectivity index (χ3v) is 3.87. The molecule has 3 heteroatoms. The van der Waals surface area contributed by atoms with Gasteiger partial charge in [0.05, 0.1) is 6.61 Å². The number of benzene rings is 1. The fourth-order valence-electron chi connectivity index (χ4n) is 2.27. The Bertz CT molecular complexity index is 386. The van der Waals surface area contributed by atoms with Gasteiger partial charge < -0.3 is 10.1 Å². The van der Waals surface area contributed by atoms with Crippen molar-refractivity contribution in [1.82, 2.24) is 0 Å². The predicted octanol–water partition coefficient (Wildman–Crippen LogP) is 3.77. The molecular weight excluding hydrogens is 299 g/mol. The van der Waals surface area contributed by atoms with E-state index >= 15 is 0 Å². The molecule has 0 bridgehead atoms. The molecule has 1 aliphatic rings. The van der Waals surface area contributed by atoms with Gasteiger partial charge in [-0.25, -0.2) is 0 Å². The zero-order valence-electron chi connectivity index (χ0n) is 11.7. The van der Waals surface area contributed by atoms with E-state index in [0.29, 0.717) is 5.92 Å². The third kappa shape index (κ3) is 4.04. The third-order valence-electron chi connectivity index (χ3n) is 3.87. The van der Waals surface area contributed by atoms with Crippen LogP contribution in [0.15, 0.2) is 12.1 Å². The normalized spacial score (nSPS) is 16.2. The molecule has 0 N–H and O–H groups in total. The summed E-state index contributed by atoms with van der Waals surface area (Å²) in [6.07, 6.45) is 2.37. The van der Waals surface area contributed by atoms with Crippen molar-refractivity contribution in [3.63, 3.8) is 0 Å². The fourth-order valence-corrected chi connectivity index (χ4v) is 2.27. The van der Waals surface area contributed by atoms with E-state index in [1.807, 2.05) is 0 Å². The molecular formula is C15H22NOY-. The molecule has 0 aliphatic carbocycles. The molecule has 0 unspecified atom stereocenters. The summed E-state index contributed by atoms with van der Waals surface area (Å²) in [5, 5.41) is 4.37. The van der Waals surface area contributed by atoms with Gasteiger partial charge in [-0.05, 0) is 49.4 Å². The molecule has 0 aromatic heterocycles. The Morgan fingerprint density at radius 1 is 1.11 bits per heavy atom. The number of ether oxygens (including phenoxy) is 1. The maximum atomic E-state index is 5.97. The van der Waals surface area contributed by atoms with Crippen LogP contribution in [0.25, 0.3) is 5.32 Å². The molecule has 0 saturated carbocycles. The minimum atomic E-state index is 0. The fraction of sp³-hybridized carbons (Fsp3) is 0.600. The van der Waals surface area contributed by atoms with E-state index in [1.165, 1.54) is 29.5 Å². The molecule has 1 heterocycles. The topological polar surface area (TPSA) is 23.3 Å². The molecule has 1 fully saturated rings. The van der Waals surface area contributed by atoms with Crippen LogP contribution < -0.4 is 4.74 Å². The van der Waals surface area contributed by atoms with Crippen molar-refractivity contribution in [1.29, 1.82) is 0 Å². The molecule has 0 amide bonds. The molecule has 18 heavy (non-hydrogen) atoms. The molecule has 0 spiro atoms. The summed E-state index contributed by atoms with van der Waals surface area (Å²) in [7, 11) is 0. The Hall–Kier alpha value is 0.0839. The SMILES string of the molecule is Cc1ccc(OCC2CC[N-]CC2)c(C)c1C.[Y]. The smallest absolute Gasteiger partial charge is 0.122 e. The molecule has 2 nitrogen and oxygen atoms in total. The van der Waals surface area contributed by atoms with Crippen LogP contribution in [0.1, 0.15) is 29.5 Å². The van der Waals surface area contributed by atoms with Crippen molar-refractivity contribution >= 4 is 0 Å². The van der Waals surface area contributed by atoms with Gasteiger partial charge in [0.15, 0.2) is 0 Å². The number of hydrogen-bond acceptors (Lipinski definition) is 1. The Balaban J connectivity index is 0.00000162. The summed E-state index contributed by atoms with van der Waals surface area (Å²) in [4.78, 5) is 0. The molecule has 1 aromatic carbocycles. The van der Waals surface area contributed by atoms with Crippen LogP contribution in [0.4, 0.5) is 0 Å². The van der Waals surface area contributed by atoms with Crippen LogP contribution in [0.3, 0.4) is 0 Å². The van der Waals surface area contributed by atoms with Gasteiger partial charge >= 0.3 is 0 Å². The first-order valence-electron chi connectivity index (χ1n) is 6.51. The summed E-state index contributed by atoms with van der Waals surface area (Å²) in [6.45, 7) is 9.33. The average molecular weight is 321 g/mol. The van der Waals surface area contributed by atoms with Gasteiger partial charge in [-0.3, -0.25) is 0 Å². The van der Waals surface area contributed by atoms with Crippen molar-refractivity contribution in [3.8, 4) is 5.75 Å². The van der Waals surface area contributed by atoms with Gasteiger partial charge in [-0.15, -0.1) is 13.1 Å². The first-order chi connectivity index (χ1) is 8.18. The van der Waals surface area contributed by atoms with E-state index in [-0.39, 0.29) is 32.7 Å². The van der Waals surface area contributed by atoms with Gasteiger partial charge in [0.1, 0.15) is 5.75 Å². The number of hydrogen-bond donors (Lipinski definition) is 0. The van der Waals surface area contributed by atoms with E-state index < -0.39 is 0 Å². The first-order valence-corrected chi connectivity index (χ1v) is 6.51. The summed E-state index contributed by atoms with van der Waals surface area (Å²) in [5.41, 5.74) is 3.97. The second kappa shape index (κ2) is 7.62. The Morgan fingerprint density at radius 2 is 1.78 bits per heavy atom. The van der Waals surface area contributed by atoms with E-state index in [4.69, 9.17) is 4.74 Å². The number of piperidine rings is 1. The zero-order chi connectivity index (χ0) is 12.3. The minimum Gasteiger partial charge on any atom is -0.662 e. The second-order valence-corrected chi connectivity index (χ2v) is 5.06. The molecule has 0 atom stereocenters. The van der Waals surface area contributed by atoms with Crippen LogP contribution in [-0.2, 0) is 32.7 Å². The van der Waals surface area contributed by atoms with Crippen LogP contribution in [0.2, 0.25) is 0 Å². The second-order valence-electron chi connectivity index (χ2n) is 5.06. The van der Waals surface area contributed by atoms with Crippen LogP contribution in [0.5, 0.6) is 5.75 Å². The number of aryl methyl sites for hydroxylation is 1. The quantitative estimate of drug-likeness (QED) is 0.831. The molecule has 1 aromatic rings. The standard InChI is InChI=1S/C15H22NO.Y/c1-11-4-5-15(13(3)12(11)2)17-10-14-6-8-16-9-7-14;/h4-5,14H,6-10H2,1-3H3;/q-1;. The van der Waals surface area contributed by atoms with E-state index in [2.05, 4.69) is 38.2 Å². The Morgan fingerprint density at radius 3 is 2.44 bits per heavy atom. The molecule has 1 saturated heterocycles. The van der Waals surface area contributed by atoms with Crippen molar-refractivity contribution < 1.29 is 37.4 Å². The van der Waals surface area contributed by atoms with Gasteiger partial charge in [-0.2, -0.15) is 0 Å². The van der Waals surface area contributed by atoms with Crippen molar-refractivity contribution in [2.45, 2.75) is 33.6 Å². The molecule has 2 rings (SSSR count). The summed E-state index contributed by atoms with van der Waals surface area (Å²) >= 11 is 0. The number of nitrogens with zero attached hydrogens (tertiary/aromatic N) is 1. The van der Waals surface area contributed by atoms with E-state index in [9.17, 15) is 0 Å². The molecule has 1 aliphatic heterocycles.